The zero-order chi connectivity index (χ0) is 8.01. The first-order chi connectivity index (χ1) is 5.18. The fourth-order valence-electron chi connectivity index (χ4n) is 0.883. The highest BCUT2D eigenvalue weighted by Gasteiger charge is 2.33. The number of rotatable bonds is 0. The lowest BCUT2D eigenvalue weighted by Crippen LogP contribution is -1.99. The molecule has 1 aromatic heterocycles. The van der Waals surface area contributed by atoms with Gasteiger partial charge in [0.1, 0.15) is 4.88 Å². The van der Waals surface area contributed by atoms with Gasteiger partial charge in [-0.05, 0) is 6.92 Å². The van der Waals surface area contributed by atoms with Gasteiger partial charge in [0.05, 0.1) is 5.01 Å². The van der Waals surface area contributed by atoms with Crippen molar-refractivity contribution in [2.24, 2.45) is 0 Å². The predicted octanol–water partition coefficient (Wildman–Crippen LogP) is 0.762. The fourth-order valence-corrected chi connectivity index (χ4v) is 1.67. The van der Waals surface area contributed by atoms with Gasteiger partial charge in [0.2, 0.25) is 0 Å². The zero-order valence-corrected chi connectivity index (χ0v) is 6.40. The second-order valence-corrected chi connectivity index (χ2v) is 3.29. The summed E-state index contributed by atoms with van der Waals surface area (Å²) in [5, 5.41) is 0.708. The molecule has 0 bridgehead atoms. The van der Waals surface area contributed by atoms with Crippen LogP contribution < -0.4 is 0 Å². The van der Waals surface area contributed by atoms with E-state index in [0.717, 1.165) is 0 Å². The molecule has 2 rings (SSSR count). The lowest BCUT2D eigenvalue weighted by molar-refractivity contribution is 0.0442. The van der Waals surface area contributed by atoms with Crippen LogP contribution in [0.3, 0.4) is 0 Å². The van der Waals surface area contributed by atoms with Crippen LogP contribution in [-0.2, 0) is 4.74 Å². The number of esters is 2. The van der Waals surface area contributed by atoms with E-state index in [-0.39, 0.29) is 5.69 Å². The average molecular weight is 169 g/mol. The lowest BCUT2D eigenvalue weighted by atomic mass is 10.4. The topological polar surface area (TPSA) is 56.3 Å². The molecule has 0 fully saturated rings. The highest BCUT2D eigenvalue weighted by molar-refractivity contribution is 7.14. The highest BCUT2D eigenvalue weighted by atomic mass is 32.1. The molecular formula is C6H3NO3S. The van der Waals surface area contributed by atoms with E-state index in [4.69, 9.17) is 0 Å². The Kier molecular flexibility index (Phi) is 1.11. The molecule has 1 aliphatic rings. The molecule has 0 spiro atoms. The molecular weight excluding hydrogens is 166 g/mol. The number of nitrogens with zero attached hydrogens (tertiary/aromatic N) is 1. The van der Waals surface area contributed by atoms with E-state index in [1.165, 1.54) is 11.3 Å². The molecule has 5 heteroatoms. The Morgan fingerprint density at radius 2 is 2.09 bits per heavy atom. The third-order valence-electron chi connectivity index (χ3n) is 1.30. The van der Waals surface area contributed by atoms with Crippen molar-refractivity contribution in [1.82, 2.24) is 4.98 Å². The molecule has 56 valence electrons. The molecule has 0 amide bonds. The molecule has 0 unspecified atom stereocenters. The number of fused-ring (bicyclic) bond motifs is 1. The number of carbonyl (C=O) groups is 2. The Bertz CT molecular complexity index is 323. The van der Waals surface area contributed by atoms with Gasteiger partial charge in [-0.1, -0.05) is 0 Å². The van der Waals surface area contributed by atoms with E-state index in [1.807, 2.05) is 0 Å². The van der Waals surface area contributed by atoms with E-state index in [2.05, 4.69) is 9.72 Å². The van der Waals surface area contributed by atoms with Gasteiger partial charge in [0, 0.05) is 0 Å². The van der Waals surface area contributed by atoms with Crippen molar-refractivity contribution in [2.75, 3.05) is 0 Å². The first kappa shape index (κ1) is 6.48. The largest absolute Gasteiger partial charge is 0.384 e. The van der Waals surface area contributed by atoms with Crippen LogP contribution >= 0.6 is 11.3 Å². The minimum Gasteiger partial charge on any atom is -0.384 e. The van der Waals surface area contributed by atoms with Crippen molar-refractivity contribution in [2.45, 2.75) is 6.92 Å². The Morgan fingerprint density at radius 1 is 1.36 bits per heavy atom. The number of thiazole rings is 1. The van der Waals surface area contributed by atoms with Crippen LogP contribution in [0.4, 0.5) is 0 Å². The number of cyclic esters (lactones) is 2. The Labute approximate surface area is 65.8 Å². The molecule has 0 aromatic carbocycles. The van der Waals surface area contributed by atoms with Crippen molar-refractivity contribution in [3.8, 4) is 0 Å². The van der Waals surface area contributed by atoms with Gasteiger partial charge < -0.3 is 4.74 Å². The van der Waals surface area contributed by atoms with E-state index in [0.29, 0.717) is 9.88 Å². The summed E-state index contributed by atoms with van der Waals surface area (Å²) in [4.78, 5) is 25.8. The normalized spacial score (nSPS) is 15.0. The quantitative estimate of drug-likeness (QED) is 0.425. The van der Waals surface area contributed by atoms with E-state index < -0.39 is 11.9 Å². The maximum Gasteiger partial charge on any atom is 0.366 e. The Balaban J connectivity index is 2.67. The van der Waals surface area contributed by atoms with Crippen molar-refractivity contribution >= 4 is 23.3 Å². The third kappa shape index (κ3) is 0.775. The molecule has 2 heterocycles. The van der Waals surface area contributed by atoms with Gasteiger partial charge in [-0.2, -0.15) is 0 Å². The highest BCUT2D eigenvalue weighted by Crippen LogP contribution is 2.24. The first-order valence-electron chi connectivity index (χ1n) is 2.92. The third-order valence-corrected chi connectivity index (χ3v) is 2.25. The first-order valence-corrected chi connectivity index (χ1v) is 3.74. The number of hydrogen-bond donors (Lipinski definition) is 0. The summed E-state index contributed by atoms with van der Waals surface area (Å²) in [7, 11) is 0. The van der Waals surface area contributed by atoms with E-state index >= 15 is 0 Å². The number of hydrogen-bond acceptors (Lipinski definition) is 5. The smallest absolute Gasteiger partial charge is 0.366 e. The summed E-state index contributed by atoms with van der Waals surface area (Å²) < 4.78 is 4.30. The molecule has 0 N–H and O–H groups in total. The molecule has 0 radical (unpaired) electrons. The number of carbonyl (C=O) groups excluding carboxylic acids is 2. The van der Waals surface area contributed by atoms with Crippen molar-refractivity contribution in [1.29, 1.82) is 0 Å². The molecule has 1 aliphatic heterocycles. The fraction of sp³-hybridized carbons (Fsp3) is 0.167. The van der Waals surface area contributed by atoms with Crippen molar-refractivity contribution in [3.63, 3.8) is 0 Å². The van der Waals surface area contributed by atoms with Crippen LogP contribution in [0.15, 0.2) is 0 Å². The summed E-state index contributed by atoms with van der Waals surface area (Å²) in [6, 6.07) is 0. The minimum absolute atomic E-state index is 0.164. The molecule has 11 heavy (non-hydrogen) atoms. The summed E-state index contributed by atoms with van der Waals surface area (Å²) >= 11 is 1.18. The summed E-state index contributed by atoms with van der Waals surface area (Å²) in [5.41, 5.74) is 0.164. The molecule has 0 atom stereocenters. The van der Waals surface area contributed by atoms with Crippen molar-refractivity contribution in [3.05, 3.63) is 15.6 Å². The second-order valence-electron chi connectivity index (χ2n) is 2.09. The zero-order valence-electron chi connectivity index (χ0n) is 5.58. The number of ether oxygens (including phenoxy) is 1. The number of aryl methyl sites for hydroxylation is 1. The molecule has 0 saturated carbocycles. The molecule has 0 saturated heterocycles. The van der Waals surface area contributed by atoms with Gasteiger partial charge in [0.15, 0.2) is 5.69 Å². The predicted molar refractivity (Wildman–Crippen MR) is 36.6 cm³/mol. The summed E-state index contributed by atoms with van der Waals surface area (Å²) in [6.07, 6.45) is 0. The van der Waals surface area contributed by atoms with Crippen LogP contribution in [0.2, 0.25) is 0 Å². The second kappa shape index (κ2) is 1.88. The van der Waals surface area contributed by atoms with Gasteiger partial charge in [0.25, 0.3) is 0 Å². The standard InChI is InChI=1S/C6H3NO3S/c1-2-7-3-4(11-2)6(9)10-5(3)8/h1H3. The lowest BCUT2D eigenvalue weighted by Gasteiger charge is -1.85. The van der Waals surface area contributed by atoms with Gasteiger partial charge in [-0.15, -0.1) is 11.3 Å². The van der Waals surface area contributed by atoms with E-state index in [9.17, 15) is 9.59 Å². The van der Waals surface area contributed by atoms with Crippen LogP contribution in [0, 0.1) is 6.92 Å². The summed E-state index contributed by atoms with van der Waals surface area (Å²) in [6.45, 7) is 1.74. The molecule has 4 nitrogen and oxygen atoms in total. The van der Waals surface area contributed by atoms with Gasteiger partial charge >= 0.3 is 11.9 Å². The van der Waals surface area contributed by atoms with Gasteiger partial charge in [-0.25, -0.2) is 14.6 Å². The monoisotopic (exact) mass is 169 g/mol. The maximum absolute atomic E-state index is 10.8. The Hall–Kier alpha value is -1.23. The summed E-state index contributed by atoms with van der Waals surface area (Å²) in [5.74, 6) is -1.20. The number of aromatic nitrogens is 1. The van der Waals surface area contributed by atoms with Crippen LogP contribution in [0.5, 0.6) is 0 Å². The van der Waals surface area contributed by atoms with Crippen LogP contribution in [0.1, 0.15) is 25.2 Å². The maximum atomic E-state index is 10.8. The van der Waals surface area contributed by atoms with E-state index in [1.54, 1.807) is 6.92 Å². The molecule has 1 aromatic rings. The average Bonchev–Trinajstić information content (AvgIpc) is 2.38. The van der Waals surface area contributed by atoms with Crippen molar-refractivity contribution < 1.29 is 14.3 Å². The van der Waals surface area contributed by atoms with Gasteiger partial charge in [-0.3, -0.25) is 0 Å². The van der Waals surface area contributed by atoms with Crippen LogP contribution in [-0.4, -0.2) is 16.9 Å². The van der Waals surface area contributed by atoms with Crippen LogP contribution in [0.25, 0.3) is 0 Å². The molecule has 0 aliphatic carbocycles. The minimum atomic E-state index is -0.630. The Morgan fingerprint density at radius 3 is 2.73 bits per heavy atom. The SMILES string of the molecule is Cc1nc2c(s1)C(=O)OC2=O.